The molecule has 0 fully saturated rings. The largest absolute Gasteiger partial charge is 0.390 e. The van der Waals surface area contributed by atoms with Crippen LogP contribution in [0, 0.1) is 0 Å². The van der Waals surface area contributed by atoms with Crippen molar-refractivity contribution >= 4 is 11.6 Å². The summed E-state index contributed by atoms with van der Waals surface area (Å²) in [6.45, 7) is 3.59. The fourth-order valence-corrected chi connectivity index (χ4v) is 2.08. The average molecular weight is 281 g/mol. The topological polar surface area (TPSA) is 85.2 Å². The Bertz CT molecular complexity index is 425. The summed E-state index contributed by atoms with van der Waals surface area (Å²) in [6, 6.07) is -0.392. The third kappa shape index (κ3) is 5.24. The molecule has 0 bridgehead atoms. The number of aliphatic hydroxyl groups is 1. The number of hydroxylamine groups is 2. The van der Waals surface area contributed by atoms with Gasteiger partial charge in [0.15, 0.2) is 0 Å². The van der Waals surface area contributed by atoms with Crippen molar-refractivity contribution in [1.29, 1.82) is 0 Å². The van der Waals surface area contributed by atoms with E-state index < -0.39 is 11.6 Å². The van der Waals surface area contributed by atoms with Crippen LogP contribution in [-0.2, 0) is 4.79 Å². The van der Waals surface area contributed by atoms with E-state index in [-0.39, 0.29) is 12.3 Å². The van der Waals surface area contributed by atoms with Crippen molar-refractivity contribution in [2.45, 2.75) is 44.8 Å². The number of amides is 1. The number of carbonyl (C=O) groups excluding carboxylic acids is 1. The summed E-state index contributed by atoms with van der Waals surface area (Å²) >= 11 is 0. The van der Waals surface area contributed by atoms with Crippen molar-refractivity contribution in [2.75, 3.05) is 7.05 Å². The quantitative estimate of drug-likeness (QED) is 0.639. The molecule has 0 radical (unpaired) electrons. The minimum Gasteiger partial charge on any atom is -0.390 e. The predicted molar refractivity (Wildman–Crippen MR) is 77.3 cm³/mol. The second-order valence-corrected chi connectivity index (χ2v) is 5.26. The van der Waals surface area contributed by atoms with Gasteiger partial charge in [-0.1, -0.05) is 31.6 Å². The monoisotopic (exact) mass is 281 g/mol. The van der Waals surface area contributed by atoms with Crippen LogP contribution in [0.5, 0.6) is 0 Å². The highest BCUT2D eigenvalue weighted by atomic mass is 16.5. The summed E-state index contributed by atoms with van der Waals surface area (Å²) in [6.07, 6.45) is 8.40. The van der Waals surface area contributed by atoms with Gasteiger partial charge in [0.25, 0.3) is 0 Å². The third-order valence-electron chi connectivity index (χ3n) is 3.02. The van der Waals surface area contributed by atoms with Crippen LogP contribution in [0.2, 0.25) is 0 Å². The van der Waals surface area contributed by atoms with E-state index in [0.717, 1.165) is 11.5 Å². The van der Waals surface area contributed by atoms with Gasteiger partial charge in [0.1, 0.15) is 0 Å². The number of allylic oxidation sites excluding steroid dienone is 2. The van der Waals surface area contributed by atoms with Gasteiger partial charge < -0.3 is 10.3 Å². The number of hydrazone groups is 1. The summed E-state index contributed by atoms with van der Waals surface area (Å²) in [4.78, 5) is 11.8. The number of rotatable bonds is 6. The lowest BCUT2D eigenvalue weighted by Gasteiger charge is -2.22. The Hall–Kier alpha value is -1.50. The van der Waals surface area contributed by atoms with E-state index in [1.54, 1.807) is 31.2 Å². The third-order valence-corrected chi connectivity index (χ3v) is 3.02. The number of likely N-dealkylation sites (N-methyl/N-ethyl adjacent to an activating group) is 1. The number of hydrogen-bond donors (Lipinski definition) is 3. The Kier molecular flexibility index (Phi) is 6.06. The summed E-state index contributed by atoms with van der Waals surface area (Å²) in [5.41, 5.74) is 1.93. The zero-order valence-electron chi connectivity index (χ0n) is 12.2. The second-order valence-electron chi connectivity index (χ2n) is 5.26. The first-order valence-electron chi connectivity index (χ1n) is 6.71. The zero-order valence-corrected chi connectivity index (χ0v) is 12.2. The van der Waals surface area contributed by atoms with E-state index in [2.05, 4.69) is 10.5 Å². The number of nitrogens with one attached hydrogen (secondary N) is 1. The molecule has 1 aliphatic rings. The maximum atomic E-state index is 11.8. The molecule has 3 N–H and O–H groups in total. The van der Waals surface area contributed by atoms with Crippen molar-refractivity contribution in [3.63, 3.8) is 0 Å². The Labute approximate surface area is 119 Å². The van der Waals surface area contributed by atoms with Crippen molar-refractivity contribution in [3.8, 4) is 0 Å². The van der Waals surface area contributed by atoms with Crippen LogP contribution in [0.3, 0.4) is 0 Å². The fraction of sp³-hybridized carbons (Fsp3) is 0.571. The van der Waals surface area contributed by atoms with Gasteiger partial charge in [-0.15, -0.1) is 0 Å². The number of carbonyl (C=O) groups is 1. The van der Waals surface area contributed by atoms with Crippen molar-refractivity contribution < 1.29 is 15.1 Å². The molecule has 6 heteroatoms. The highest BCUT2D eigenvalue weighted by Crippen LogP contribution is 2.16. The van der Waals surface area contributed by atoms with Crippen LogP contribution in [0.25, 0.3) is 0 Å². The first kappa shape index (κ1) is 16.6. The average Bonchev–Trinajstić information content (AvgIpc) is 2.35. The molecule has 1 amide bonds. The number of nitrogens with zero attached hydrogens (tertiary/aromatic N) is 2. The Morgan fingerprint density at radius 3 is 2.85 bits per heavy atom. The lowest BCUT2D eigenvalue weighted by Crippen LogP contribution is -2.37. The minimum absolute atomic E-state index is 0.00317. The number of hydrogen-bond acceptors (Lipinski definition) is 5. The van der Waals surface area contributed by atoms with Gasteiger partial charge >= 0.3 is 0 Å². The van der Waals surface area contributed by atoms with E-state index in [1.165, 1.54) is 7.05 Å². The van der Waals surface area contributed by atoms with E-state index >= 15 is 0 Å². The molecule has 112 valence electrons. The van der Waals surface area contributed by atoms with Crippen LogP contribution < -0.4 is 5.43 Å². The highest BCUT2D eigenvalue weighted by molar-refractivity contribution is 6.02. The molecule has 0 spiro atoms. The molecular formula is C14H23N3O3. The fourth-order valence-electron chi connectivity index (χ4n) is 2.08. The van der Waals surface area contributed by atoms with Crippen LogP contribution in [0.4, 0.5) is 0 Å². The van der Waals surface area contributed by atoms with Crippen molar-refractivity contribution in [3.05, 3.63) is 24.3 Å². The predicted octanol–water partition coefficient (Wildman–Crippen LogP) is 1.22. The van der Waals surface area contributed by atoms with Crippen LogP contribution in [0.15, 0.2) is 29.4 Å². The Balaban J connectivity index is 2.60. The lowest BCUT2D eigenvalue weighted by atomic mass is 9.96. The molecule has 6 nitrogen and oxygen atoms in total. The lowest BCUT2D eigenvalue weighted by molar-refractivity contribution is -0.125. The molecular weight excluding hydrogens is 258 g/mol. The maximum absolute atomic E-state index is 11.8. The van der Waals surface area contributed by atoms with Crippen LogP contribution in [0.1, 0.15) is 33.1 Å². The first-order valence-corrected chi connectivity index (χ1v) is 6.71. The summed E-state index contributed by atoms with van der Waals surface area (Å²) in [5.74, 6) is -0.349. The molecule has 0 aromatic rings. The summed E-state index contributed by atoms with van der Waals surface area (Å²) in [5, 5.41) is 24.5. The Morgan fingerprint density at radius 1 is 1.55 bits per heavy atom. The molecule has 0 saturated carbocycles. The highest BCUT2D eigenvalue weighted by Gasteiger charge is 2.23. The second kappa shape index (κ2) is 7.33. The molecule has 0 aromatic heterocycles. The molecule has 2 unspecified atom stereocenters. The molecule has 0 aliphatic heterocycles. The van der Waals surface area contributed by atoms with Gasteiger partial charge in [0.05, 0.1) is 23.8 Å². The van der Waals surface area contributed by atoms with E-state index in [0.29, 0.717) is 12.1 Å². The Morgan fingerprint density at radius 2 is 2.25 bits per heavy atom. The molecule has 2 atom stereocenters. The standard InChI is InChI=1S/C14H23N3O3/c1-4-9-14(2,19)10-13(18)16-15-11-7-5-6-8-12(11)17(3)20/h5-8,12,19-20H,4,9-10H2,1-3H3,(H,16,18). The zero-order chi connectivity index (χ0) is 15.2. The van der Waals surface area contributed by atoms with Gasteiger partial charge in [-0.25, -0.2) is 5.43 Å². The molecule has 1 aliphatic carbocycles. The summed E-state index contributed by atoms with van der Waals surface area (Å²) < 4.78 is 0. The minimum atomic E-state index is -1.02. The normalized spacial score (nSPS) is 23.1. The van der Waals surface area contributed by atoms with Gasteiger partial charge in [-0.3, -0.25) is 4.79 Å². The van der Waals surface area contributed by atoms with Crippen molar-refractivity contribution in [2.24, 2.45) is 5.10 Å². The summed E-state index contributed by atoms with van der Waals surface area (Å²) in [7, 11) is 1.51. The van der Waals surface area contributed by atoms with Gasteiger partial charge in [0, 0.05) is 7.05 Å². The molecule has 0 saturated heterocycles. The van der Waals surface area contributed by atoms with Crippen LogP contribution in [-0.4, -0.2) is 45.7 Å². The molecule has 1 rings (SSSR count). The molecule has 0 aromatic carbocycles. The van der Waals surface area contributed by atoms with Gasteiger partial charge in [-0.2, -0.15) is 10.2 Å². The first-order chi connectivity index (χ1) is 9.35. The van der Waals surface area contributed by atoms with E-state index in [9.17, 15) is 15.1 Å². The molecule has 20 heavy (non-hydrogen) atoms. The smallest absolute Gasteiger partial charge is 0.242 e. The van der Waals surface area contributed by atoms with Gasteiger partial charge in [-0.05, 0) is 19.4 Å². The maximum Gasteiger partial charge on any atom is 0.242 e. The van der Waals surface area contributed by atoms with E-state index in [1.807, 2.05) is 6.92 Å². The van der Waals surface area contributed by atoms with Crippen molar-refractivity contribution in [1.82, 2.24) is 10.5 Å². The molecule has 0 heterocycles. The van der Waals surface area contributed by atoms with E-state index in [4.69, 9.17) is 0 Å². The van der Waals surface area contributed by atoms with Gasteiger partial charge in [0.2, 0.25) is 5.91 Å². The van der Waals surface area contributed by atoms with Crippen LogP contribution >= 0.6 is 0 Å². The SMILES string of the molecule is CCCC(C)(O)CC(=O)NN=C1C=CC=CC1N(C)O.